The summed E-state index contributed by atoms with van der Waals surface area (Å²) in [5.74, 6) is 0. The molecule has 19 heavy (non-hydrogen) atoms. The Morgan fingerprint density at radius 1 is 1.47 bits per heavy atom. The molecule has 104 valence electrons. The molecule has 1 N–H and O–H groups in total. The SMILES string of the molecule is Cc1cc(S(=O)(=O)NCc2cnn(C)c2C)sc1Br. The zero-order chi connectivity index (χ0) is 14.2. The average molecular weight is 364 g/mol. The highest BCUT2D eigenvalue weighted by Crippen LogP contribution is 2.30. The molecule has 0 radical (unpaired) electrons. The minimum Gasteiger partial charge on any atom is -0.273 e. The van der Waals surface area contributed by atoms with E-state index in [0.717, 1.165) is 20.6 Å². The first kappa shape index (κ1) is 14.7. The molecule has 0 bridgehead atoms. The number of halogens is 1. The molecule has 0 aliphatic carbocycles. The van der Waals surface area contributed by atoms with E-state index in [1.807, 2.05) is 20.9 Å². The van der Waals surface area contributed by atoms with Crippen molar-refractivity contribution in [3.05, 3.63) is 32.9 Å². The highest BCUT2D eigenvalue weighted by molar-refractivity contribution is 9.11. The molecule has 0 unspecified atom stereocenters. The molecule has 0 saturated carbocycles. The molecule has 0 saturated heterocycles. The summed E-state index contributed by atoms with van der Waals surface area (Å²) >= 11 is 4.54. The molecule has 2 heterocycles. The number of rotatable bonds is 4. The molecule has 0 amide bonds. The predicted molar refractivity (Wildman–Crippen MR) is 78.7 cm³/mol. The molecule has 0 aliphatic heterocycles. The maximum atomic E-state index is 12.1. The van der Waals surface area contributed by atoms with Crippen LogP contribution in [-0.4, -0.2) is 18.2 Å². The topological polar surface area (TPSA) is 64.0 Å². The summed E-state index contributed by atoms with van der Waals surface area (Å²) < 4.78 is 29.7. The molecule has 8 heteroatoms. The summed E-state index contributed by atoms with van der Waals surface area (Å²) in [5, 5.41) is 4.08. The van der Waals surface area contributed by atoms with Crippen molar-refractivity contribution in [2.45, 2.75) is 24.6 Å². The highest BCUT2D eigenvalue weighted by atomic mass is 79.9. The molecular formula is C11H14BrN3O2S2. The van der Waals surface area contributed by atoms with Gasteiger partial charge in [0.05, 0.1) is 9.98 Å². The van der Waals surface area contributed by atoms with Crippen molar-refractivity contribution in [2.24, 2.45) is 7.05 Å². The van der Waals surface area contributed by atoms with Crippen molar-refractivity contribution in [3.63, 3.8) is 0 Å². The van der Waals surface area contributed by atoms with Gasteiger partial charge in [-0.1, -0.05) is 0 Å². The maximum absolute atomic E-state index is 12.1. The molecule has 0 aliphatic rings. The molecule has 0 aromatic carbocycles. The highest BCUT2D eigenvalue weighted by Gasteiger charge is 2.18. The van der Waals surface area contributed by atoms with Crippen LogP contribution in [0.25, 0.3) is 0 Å². The van der Waals surface area contributed by atoms with E-state index in [9.17, 15) is 8.42 Å². The molecule has 0 atom stereocenters. The number of aromatic nitrogens is 2. The van der Waals surface area contributed by atoms with E-state index < -0.39 is 10.0 Å². The van der Waals surface area contributed by atoms with Gasteiger partial charge in [-0.3, -0.25) is 4.68 Å². The third-order valence-corrected chi connectivity index (χ3v) is 6.90. The number of thiophene rings is 1. The Bertz CT molecular complexity index is 684. The van der Waals surface area contributed by atoms with Gasteiger partial charge in [0.15, 0.2) is 0 Å². The molecule has 2 aromatic heterocycles. The Morgan fingerprint density at radius 3 is 2.63 bits per heavy atom. The Morgan fingerprint density at radius 2 is 2.16 bits per heavy atom. The van der Waals surface area contributed by atoms with Crippen LogP contribution in [0, 0.1) is 13.8 Å². The minimum absolute atomic E-state index is 0.247. The van der Waals surface area contributed by atoms with Crippen LogP contribution in [0.3, 0.4) is 0 Å². The van der Waals surface area contributed by atoms with Crippen LogP contribution in [0.5, 0.6) is 0 Å². The van der Waals surface area contributed by atoms with Gasteiger partial charge >= 0.3 is 0 Å². The summed E-state index contributed by atoms with van der Waals surface area (Å²) in [6.07, 6.45) is 1.67. The van der Waals surface area contributed by atoms with Crippen molar-refractivity contribution >= 4 is 37.3 Å². The van der Waals surface area contributed by atoms with E-state index in [0.29, 0.717) is 4.21 Å². The minimum atomic E-state index is -3.47. The van der Waals surface area contributed by atoms with Crippen LogP contribution in [0.4, 0.5) is 0 Å². The fraction of sp³-hybridized carbons (Fsp3) is 0.364. The standard InChI is InChI=1S/C11H14BrN3O2S2/c1-7-4-10(18-11(7)12)19(16,17)14-6-9-5-13-15(3)8(9)2/h4-5,14H,6H2,1-3H3. The molecule has 2 rings (SSSR count). The second-order valence-electron chi connectivity index (χ2n) is 4.23. The Labute approximate surface area is 124 Å². The number of aryl methyl sites for hydroxylation is 2. The molecule has 0 fully saturated rings. The molecule has 5 nitrogen and oxygen atoms in total. The van der Waals surface area contributed by atoms with Gasteiger partial charge in [-0.25, -0.2) is 13.1 Å². The second kappa shape index (κ2) is 5.35. The number of hydrogen-bond donors (Lipinski definition) is 1. The Kier molecular flexibility index (Phi) is 4.14. The van der Waals surface area contributed by atoms with Crippen LogP contribution in [0.1, 0.15) is 16.8 Å². The van der Waals surface area contributed by atoms with E-state index >= 15 is 0 Å². The van der Waals surface area contributed by atoms with E-state index in [1.54, 1.807) is 16.9 Å². The number of sulfonamides is 1. The zero-order valence-electron chi connectivity index (χ0n) is 10.8. The quantitative estimate of drug-likeness (QED) is 0.906. The van der Waals surface area contributed by atoms with E-state index in [-0.39, 0.29) is 6.54 Å². The third kappa shape index (κ3) is 3.07. The van der Waals surface area contributed by atoms with Crippen molar-refractivity contribution in [1.82, 2.24) is 14.5 Å². The van der Waals surface area contributed by atoms with Crippen LogP contribution in [0.2, 0.25) is 0 Å². The summed E-state index contributed by atoms with van der Waals surface area (Å²) in [4.78, 5) is 0. The first-order chi connectivity index (χ1) is 8.81. The van der Waals surface area contributed by atoms with Crippen molar-refractivity contribution in [2.75, 3.05) is 0 Å². The van der Waals surface area contributed by atoms with Crippen molar-refractivity contribution < 1.29 is 8.42 Å². The van der Waals surface area contributed by atoms with Gasteiger partial charge < -0.3 is 0 Å². The lowest BCUT2D eigenvalue weighted by atomic mass is 10.3. The lowest BCUT2D eigenvalue weighted by Gasteiger charge is -2.04. The summed E-state index contributed by atoms with van der Waals surface area (Å²) in [6.45, 7) is 4.02. The van der Waals surface area contributed by atoms with Crippen LogP contribution < -0.4 is 4.72 Å². The smallest absolute Gasteiger partial charge is 0.250 e. The first-order valence-electron chi connectivity index (χ1n) is 5.54. The van der Waals surface area contributed by atoms with E-state index in [1.165, 1.54) is 11.3 Å². The third-order valence-electron chi connectivity index (χ3n) is 2.89. The van der Waals surface area contributed by atoms with Crippen LogP contribution in [0.15, 0.2) is 20.3 Å². The predicted octanol–water partition coefficient (Wildman–Crippen LogP) is 2.34. The van der Waals surface area contributed by atoms with Gasteiger partial charge in [0.1, 0.15) is 4.21 Å². The Balaban J connectivity index is 2.16. The lowest BCUT2D eigenvalue weighted by Crippen LogP contribution is -2.22. The second-order valence-corrected chi connectivity index (χ2v) is 8.59. The van der Waals surface area contributed by atoms with Crippen LogP contribution in [-0.2, 0) is 23.6 Å². The Hall–Kier alpha value is -0.700. The monoisotopic (exact) mass is 363 g/mol. The first-order valence-corrected chi connectivity index (χ1v) is 8.63. The van der Waals surface area contributed by atoms with Gasteiger partial charge in [0.25, 0.3) is 0 Å². The van der Waals surface area contributed by atoms with Crippen LogP contribution >= 0.6 is 27.3 Å². The summed E-state index contributed by atoms with van der Waals surface area (Å²) in [7, 11) is -1.64. The van der Waals surface area contributed by atoms with Gasteiger partial charge in [0, 0.05) is 24.8 Å². The van der Waals surface area contributed by atoms with Gasteiger partial charge in [0.2, 0.25) is 10.0 Å². The average Bonchev–Trinajstić information content (AvgIpc) is 2.84. The van der Waals surface area contributed by atoms with Gasteiger partial charge in [-0.05, 0) is 41.4 Å². The fourth-order valence-corrected chi connectivity index (χ4v) is 4.80. The van der Waals surface area contributed by atoms with Crippen molar-refractivity contribution in [1.29, 1.82) is 0 Å². The van der Waals surface area contributed by atoms with Crippen molar-refractivity contribution in [3.8, 4) is 0 Å². The largest absolute Gasteiger partial charge is 0.273 e. The van der Waals surface area contributed by atoms with Gasteiger partial charge in [-0.15, -0.1) is 11.3 Å². The summed E-state index contributed by atoms with van der Waals surface area (Å²) in [5.41, 5.74) is 2.74. The molecular weight excluding hydrogens is 350 g/mol. The number of nitrogens with zero attached hydrogens (tertiary/aromatic N) is 2. The summed E-state index contributed by atoms with van der Waals surface area (Å²) in [6, 6.07) is 1.66. The van der Waals surface area contributed by atoms with E-state index in [2.05, 4.69) is 25.8 Å². The normalized spacial score (nSPS) is 12.0. The molecule has 2 aromatic rings. The molecule has 0 spiro atoms. The number of hydrogen-bond acceptors (Lipinski definition) is 4. The zero-order valence-corrected chi connectivity index (χ0v) is 14.0. The maximum Gasteiger partial charge on any atom is 0.250 e. The fourth-order valence-electron chi connectivity index (χ4n) is 1.53. The van der Waals surface area contributed by atoms with E-state index in [4.69, 9.17) is 0 Å². The van der Waals surface area contributed by atoms with Gasteiger partial charge in [-0.2, -0.15) is 5.10 Å². The lowest BCUT2D eigenvalue weighted by molar-refractivity contribution is 0.583. The number of nitrogens with one attached hydrogen (secondary N) is 1.